The molecule has 1 saturated heterocycles. The third-order valence-electron chi connectivity index (χ3n) is 5.13. The van der Waals surface area contributed by atoms with E-state index in [2.05, 4.69) is 6.92 Å². The lowest BCUT2D eigenvalue weighted by atomic mass is 9.99. The second-order valence-electron chi connectivity index (χ2n) is 6.93. The van der Waals surface area contributed by atoms with Crippen LogP contribution in [0.5, 0.6) is 0 Å². The number of piperidine rings is 1. The molecule has 1 unspecified atom stereocenters. The van der Waals surface area contributed by atoms with Gasteiger partial charge in [0.2, 0.25) is 0 Å². The second kappa shape index (κ2) is 7.08. The van der Waals surface area contributed by atoms with Crippen LogP contribution in [0.2, 0.25) is 5.02 Å². The van der Waals surface area contributed by atoms with Crippen LogP contribution in [-0.4, -0.2) is 28.4 Å². The lowest BCUT2D eigenvalue weighted by Crippen LogP contribution is -2.42. The van der Waals surface area contributed by atoms with Gasteiger partial charge in [-0.25, -0.2) is 4.98 Å². The number of rotatable bonds is 2. The van der Waals surface area contributed by atoms with Crippen molar-refractivity contribution in [3.63, 3.8) is 0 Å². The van der Waals surface area contributed by atoms with E-state index in [4.69, 9.17) is 16.6 Å². The van der Waals surface area contributed by atoms with Crippen molar-refractivity contribution in [3.05, 3.63) is 65.2 Å². The molecule has 4 heteroatoms. The maximum Gasteiger partial charge on any atom is 0.254 e. The van der Waals surface area contributed by atoms with Gasteiger partial charge in [0.1, 0.15) is 0 Å². The smallest absolute Gasteiger partial charge is 0.254 e. The van der Waals surface area contributed by atoms with Gasteiger partial charge in [0.15, 0.2) is 0 Å². The van der Waals surface area contributed by atoms with Crippen molar-refractivity contribution in [2.45, 2.75) is 32.2 Å². The van der Waals surface area contributed by atoms with E-state index < -0.39 is 0 Å². The fraction of sp³-hybridized carbons (Fsp3) is 0.273. The molecule has 1 aromatic heterocycles. The molecule has 132 valence electrons. The van der Waals surface area contributed by atoms with Crippen molar-refractivity contribution < 1.29 is 4.79 Å². The number of likely N-dealkylation sites (tertiary alicyclic amines) is 1. The molecule has 0 radical (unpaired) electrons. The first kappa shape index (κ1) is 17.0. The number of pyridine rings is 1. The number of carbonyl (C=O) groups is 1. The van der Waals surface area contributed by atoms with E-state index in [1.54, 1.807) is 0 Å². The fourth-order valence-electron chi connectivity index (χ4n) is 3.70. The summed E-state index contributed by atoms with van der Waals surface area (Å²) in [7, 11) is 0. The van der Waals surface area contributed by atoms with Crippen LogP contribution in [0.3, 0.4) is 0 Å². The third-order valence-corrected chi connectivity index (χ3v) is 5.37. The normalized spacial score (nSPS) is 17.5. The van der Waals surface area contributed by atoms with Crippen molar-refractivity contribution in [1.29, 1.82) is 0 Å². The van der Waals surface area contributed by atoms with Crippen molar-refractivity contribution >= 4 is 28.4 Å². The molecule has 1 aliphatic rings. The summed E-state index contributed by atoms with van der Waals surface area (Å²) in [6.07, 6.45) is 3.33. The number of para-hydroxylation sites is 1. The summed E-state index contributed by atoms with van der Waals surface area (Å²) in [6.45, 7) is 2.96. The number of hydrogen-bond acceptors (Lipinski definition) is 2. The Bertz CT molecular complexity index is 969. The van der Waals surface area contributed by atoms with Crippen LogP contribution in [-0.2, 0) is 0 Å². The van der Waals surface area contributed by atoms with E-state index in [-0.39, 0.29) is 11.9 Å². The van der Waals surface area contributed by atoms with Gasteiger partial charge in [-0.15, -0.1) is 0 Å². The molecule has 0 aliphatic carbocycles. The summed E-state index contributed by atoms with van der Waals surface area (Å²) in [4.78, 5) is 20.1. The first-order valence-electron chi connectivity index (χ1n) is 9.10. The van der Waals surface area contributed by atoms with Crippen molar-refractivity contribution in [2.24, 2.45) is 0 Å². The molecule has 1 fully saturated rings. The molecular weight excluding hydrogens is 344 g/mol. The summed E-state index contributed by atoms with van der Waals surface area (Å²) < 4.78 is 0. The highest BCUT2D eigenvalue weighted by Gasteiger charge is 2.26. The molecule has 1 aliphatic heterocycles. The van der Waals surface area contributed by atoms with Gasteiger partial charge < -0.3 is 4.90 Å². The highest BCUT2D eigenvalue weighted by Crippen LogP contribution is 2.29. The molecule has 26 heavy (non-hydrogen) atoms. The van der Waals surface area contributed by atoms with Crippen molar-refractivity contribution in [3.8, 4) is 11.3 Å². The Morgan fingerprint density at radius 3 is 2.77 bits per heavy atom. The van der Waals surface area contributed by atoms with E-state index in [1.165, 1.54) is 6.42 Å². The molecule has 4 rings (SSSR count). The predicted octanol–water partition coefficient (Wildman–Crippen LogP) is 5.57. The molecule has 0 spiro atoms. The molecule has 3 nitrogen and oxygen atoms in total. The Morgan fingerprint density at radius 2 is 1.96 bits per heavy atom. The average molecular weight is 365 g/mol. The second-order valence-corrected chi connectivity index (χ2v) is 7.36. The maximum absolute atomic E-state index is 13.3. The Morgan fingerprint density at radius 1 is 1.12 bits per heavy atom. The molecule has 1 amide bonds. The van der Waals surface area contributed by atoms with Gasteiger partial charge in [-0.05, 0) is 50.5 Å². The molecule has 0 N–H and O–H groups in total. The van der Waals surface area contributed by atoms with E-state index in [0.29, 0.717) is 5.02 Å². The van der Waals surface area contributed by atoms with E-state index in [1.807, 2.05) is 59.5 Å². The monoisotopic (exact) mass is 364 g/mol. The molecule has 0 bridgehead atoms. The molecule has 3 aromatic rings. The Kier molecular flexibility index (Phi) is 4.64. The third kappa shape index (κ3) is 3.19. The number of amides is 1. The molecule has 0 saturated carbocycles. The highest BCUT2D eigenvalue weighted by molar-refractivity contribution is 6.30. The predicted molar refractivity (Wildman–Crippen MR) is 107 cm³/mol. The first-order chi connectivity index (χ1) is 12.6. The minimum absolute atomic E-state index is 0.0964. The number of hydrogen-bond donors (Lipinski definition) is 0. The highest BCUT2D eigenvalue weighted by atomic mass is 35.5. The summed E-state index contributed by atoms with van der Waals surface area (Å²) in [6, 6.07) is 17.6. The zero-order valence-corrected chi connectivity index (χ0v) is 15.5. The Hall–Kier alpha value is -2.39. The van der Waals surface area contributed by atoms with Crippen LogP contribution in [0.15, 0.2) is 54.6 Å². The SMILES string of the molecule is CC1CCCCN1C(=O)c1cc(-c2cccc(Cl)c2)nc2ccccc12. The Balaban J connectivity index is 1.86. The summed E-state index contributed by atoms with van der Waals surface area (Å²) in [5.74, 6) is 0.0964. The number of aromatic nitrogens is 1. The lowest BCUT2D eigenvalue weighted by molar-refractivity contribution is 0.0637. The fourth-order valence-corrected chi connectivity index (χ4v) is 3.89. The van der Waals surface area contributed by atoms with Gasteiger partial charge in [0.25, 0.3) is 5.91 Å². The summed E-state index contributed by atoms with van der Waals surface area (Å²) in [5, 5.41) is 1.57. The summed E-state index contributed by atoms with van der Waals surface area (Å²) in [5.41, 5.74) is 3.25. The molecule has 2 aromatic carbocycles. The Labute approximate surface area is 158 Å². The zero-order valence-electron chi connectivity index (χ0n) is 14.8. The standard InChI is InChI=1S/C22H21ClN2O/c1-15-7-4-5-12-25(15)22(26)19-14-21(16-8-6-9-17(23)13-16)24-20-11-3-2-10-18(19)20/h2-3,6,8-11,13-15H,4-5,7,12H2,1H3. The number of carbonyl (C=O) groups excluding carboxylic acids is 1. The minimum atomic E-state index is 0.0964. The molecular formula is C22H21ClN2O. The van der Waals surface area contributed by atoms with Crippen molar-refractivity contribution in [1.82, 2.24) is 9.88 Å². The van der Waals surface area contributed by atoms with Crippen LogP contribution in [0.4, 0.5) is 0 Å². The van der Waals surface area contributed by atoms with Crippen LogP contribution < -0.4 is 0 Å². The van der Waals surface area contributed by atoms with Crippen LogP contribution in [0.1, 0.15) is 36.5 Å². The first-order valence-corrected chi connectivity index (χ1v) is 9.48. The van der Waals surface area contributed by atoms with Crippen LogP contribution in [0, 0.1) is 0 Å². The lowest BCUT2D eigenvalue weighted by Gasteiger charge is -2.33. The van der Waals surface area contributed by atoms with Crippen LogP contribution >= 0.6 is 11.6 Å². The number of nitrogens with zero attached hydrogens (tertiary/aromatic N) is 2. The minimum Gasteiger partial charge on any atom is -0.336 e. The van der Waals surface area contributed by atoms with E-state index >= 15 is 0 Å². The number of halogens is 1. The maximum atomic E-state index is 13.3. The van der Waals surface area contributed by atoms with Gasteiger partial charge in [0, 0.05) is 28.6 Å². The van der Waals surface area contributed by atoms with Gasteiger partial charge in [0.05, 0.1) is 16.8 Å². The van der Waals surface area contributed by atoms with E-state index in [0.717, 1.165) is 47.1 Å². The molecule has 2 heterocycles. The van der Waals surface area contributed by atoms with Crippen molar-refractivity contribution in [2.75, 3.05) is 6.54 Å². The topological polar surface area (TPSA) is 33.2 Å². The van der Waals surface area contributed by atoms with Gasteiger partial charge >= 0.3 is 0 Å². The van der Waals surface area contributed by atoms with Crippen LogP contribution in [0.25, 0.3) is 22.2 Å². The van der Waals surface area contributed by atoms with Gasteiger partial charge in [-0.2, -0.15) is 0 Å². The van der Waals surface area contributed by atoms with E-state index in [9.17, 15) is 4.79 Å². The average Bonchev–Trinajstić information content (AvgIpc) is 2.67. The summed E-state index contributed by atoms with van der Waals surface area (Å²) >= 11 is 6.15. The number of benzene rings is 2. The molecule has 1 atom stereocenters. The van der Waals surface area contributed by atoms with Gasteiger partial charge in [-0.1, -0.05) is 41.9 Å². The van der Waals surface area contributed by atoms with Gasteiger partial charge in [-0.3, -0.25) is 4.79 Å². The number of fused-ring (bicyclic) bond motifs is 1. The largest absolute Gasteiger partial charge is 0.336 e. The zero-order chi connectivity index (χ0) is 18.1. The quantitative estimate of drug-likeness (QED) is 0.595.